The van der Waals surface area contributed by atoms with Gasteiger partial charge in [-0.3, -0.25) is 4.79 Å². The number of rotatable bonds is 8. The summed E-state index contributed by atoms with van der Waals surface area (Å²) < 4.78 is 15.7. The van der Waals surface area contributed by atoms with Gasteiger partial charge in [0, 0.05) is 4.88 Å². The smallest absolute Gasteiger partial charge is 0.347 e. The van der Waals surface area contributed by atoms with Crippen LogP contribution in [-0.4, -0.2) is 37.2 Å². The number of hydrogen-bond donors (Lipinski definition) is 1. The first-order valence-electron chi connectivity index (χ1n) is 9.49. The Bertz CT molecular complexity index is 892. The molecule has 0 saturated carbocycles. The van der Waals surface area contributed by atoms with Crippen LogP contribution in [0.4, 0.5) is 5.00 Å². The van der Waals surface area contributed by atoms with Gasteiger partial charge in [-0.2, -0.15) is 0 Å². The van der Waals surface area contributed by atoms with Crippen LogP contribution in [-0.2, 0) is 31.9 Å². The first-order chi connectivity index (χ1) is 14.0. The molecule has 8 heteroatoms. The largest absolute Gasteiger partial charge is 0.479 e. The van der Waals surface area contributed by atoms with Gasteiger partial charge in [0.1, 0.15) is 10.8 Å². The zero-order valence-corrected chi connectivity index (χ0v) is 17.2. The van der Waals surface area contributed by atoms with Crippen LogP contribution in [0.1, 0.15) is 41.1 Å². The normalized spacial score (nSPS) is 13.3. The molecule has 1 heterocycles. The maximum Gasteiger partial charge on any atom is 0.347 e. The van der Waals surface area contributed by atoms with Gasteiger partial charge in [-0.25, -0.2) is 9.59 Å². The van der Waals surface area contributed by atoms with Gasteiger partial charge in [0.15, 0.2) is 12.7 Å². The van der Waals surface area contributed by atoms with Crippen molar-refractivity contribution in [2.24, 2.45) is 0 Å². The Morgan fingerprint density at radius 1 is 1.14 bits per heavy atom. The van der Waals surface area contributed by atoms with Crippen molar-refractivity contribution in [3.05, 3.63) is 46.3 Å². The fraction of sp³-hybridized carbons (Fsp3) is 0.381. The summed E-state index contributed by atoms with van der Waals surface area (Å²) >= 11 is 1.38. The molecule has 1 aromatic carbocycles. The molecule has 2 aromatic rings. The van der Waals surface area contributed by atoms with Gasteiger partial charge in [-0.05, 0) is 50.8 Å². The van der Waals surface area contributed by atoms with Crippen molar-refractivity contribution in [3.8, 4) is 5.75 Å². The van der Waals surface area contributed by atoms with E-state index in [1.807, 2.05) is 6.07 Å². The number of aryl methyl sites for hydroxylation is 1. The van der Waals surface area contributed by atoms with Gasteiger partial charge in [0.05, 0.1) is 12.2 Å². The number of para-hydroxylation sites is 1. The Kier molecular flexibility index (Phi) is 6.87. The zero-order chi connectivity index (χ0) is 20.8. The van der Waals surface area contributed by atoms with E-state index >= 15 is 0 Å². The minimum Gasteiger partial charge on any atom is -0.479 e. The first kappa shape index (κ1) is 20.9. The summed E-state index contributed by atoms with van der Waals surface area (Å²) in [6.45, 7) is 3.08. The third-order valence-corrected chi connectivity index (χ3v) is 5.59. The number of amides is 1. The van der Waals surface area contributed by atoms with Crippen molar-refractivity contribution in [3.63, 3.8) is 0 Å². The highest BCUT2D eigenvalue weighted by atomic mass is 32.1. The summed E-state index contributed by atoms with van der Waals surface area (Å²) in [6.07, 6.45) is 1.80. The molecule has 1 amide bonds. The van der Waals surface area contributed by atoms with Crippen molar-refractivity contribution in [1.82, 2.24) is 0 Å². The number of benzene rings is 1. The van der Waals surface area contributed by atoms with Crippen molar-refractivity contribution in [2.45, 2.75) is 39.2 Å². The zero-order valence-electron chi connectivity index (χ0n) is 16.4. The number of fused-ring (bicyclic) bond motifs is 1. The van der Waals surface area contributed by atoms with Gasteiger partial charge in [0.2, 0.25) is 0 Å². The average Bonchev–Trinajstić information content (AvgIpc) is 3.27. The Morgan fingerprint density at radius 2 is 1.90 bits per heavy atom. The molecule has 0 radical (unpaired) electrons. The van der Waals surface area contributed by atoms with Gasteiger partial charge in [-0.1, -0.05) is 18.2 Å². The van der Waals surface area contributed by atoms with E-state index < -0.39 is 30.6 Å². The molecule has 0 unspecified atom stereocenters. The van der Waals surface area contributed by atoms with Crippen LogP contribution < -0.4 is 10.1 Å². The lowest BCUT2D eigenvalue weighted by Gasteiger charge is -2.14. The molecule has 0 bridgehead atoms. The number of carbonyl (C=O) groups excluding carboxylic acids is 3. The minimum atomic E-state index is -0.856. The lowest BCUT2D eigenvalue weighted by atomic mass is 10.1. The Labute approximate surface area is 173 Å². The SMILES string of the molecule is CCOC(=O)c1c(NC(=O)COC(=O)[C@H](C)Oc2ccccc2)sc2c1CCC2. The summed E-state index contributed by atoms with van der Waals surface area (Å²) in [5.74, 6) is -1.07. The van der Waals surface area contributed by atoms with Crippen molar-refractivity contribution < 1.29 is 28.6 Å². The van der Waals surface area contributed by atoms with E-state index in [1.54, 1.807) is 38.1 Å². The molecular weight excluding hydrogens is 394 g/mol. The van der Waals surface area contributed by atoms with Gasteiger partial charge < -0.3 is 19.5 Å². The Balaban J connectivity index is 1.57. The number of hydrogen-bond acceptors (Lipinski definition) is 7. The maximum atomic E-state index is 12.3. The van der Waals surface area contributed by atoms with E-state index in [0.717, 1.165) is 29.7 Å². The lowest BCUT2D eigenvalue weighted by Crippen LogP contribution is -2.29. The third-order valence-electron chi connectivity index (χ3n) is 4.39. The van der Waals surface area contributed by atoms with E-state index in [-0.39, 0.29) is 6.61 Å². The predicted octanol–water partition coefficient (Wildman–Crippen LogP) is 3.36. The number of ether oxygens (including phenoxy) is 3. The van der Waals surface area contributed by atoms with E-state index in [2.05, 4.69) is 5.32 Å². The van der Waals surface area contributed by atoms with Crippen LogP contribution in [0.15, 0.2) is 30.3 Å². The number of thiophene rings is 1. The molecule has 1 aromatic heterocycles. The molecule has 1 atom stereocenters. The first-order valence-corrected chi connectivity index (χ1v) is 10.3. The summed E-state index contributed by atoms with van der Waals surface area (Å²) in [5, 5.41) is 3.13. The highest BCUT2D eigenvalue weighted by Crippen LogP contribution is 2.39. The maximum absolute atomic E-state index is 12.3. The second kappa shape index (κ2) is 9.56. The van der Waals surface area contributed by atoms with Gasteiger partial charge in [0.25, 0.3) is 5.91 Å². The number of esters is 2. The fourth-order valence-corrected chi connectivity index (χ4v) is 4.37. The summed E-state index contributed by atoms with van der Waals surface area (Å²) in [4.78, 5) is 37.8. The van der Waals surface area contributed by atoms with E-state index in [1.165, 1.54) is 11.3 Å². The van der Waals surface area contributed by atoms with Crippen LogP contribution in [0.2, 0.25) is 0 Å². The second-order valence-electron chi connectivity index (χ2n) is 6.51. The number of anilines is 1. The van der Waals surface area contributed by atoms with Crippen molar-refractivity contribution >= 4 is 34.2 Å². The van der Waals surface area contributed by atoms with E-state index in [0.29, 0.717) is 16.3 Å². The van der Waals surface area contributed by atoms with Crippen molar-refractivity contribution in [2.75, 3.05) is 18.5 Å². The quantitative estimate of drug-likeness (QED) is 0.663. The van der Waals surface area contributed by atoms with Gasteiger partial charge in [-0.15, -0.1) is 11.3 Å². The van der Waals surface area contributed by atoms with Crippen LogP contribution in [0.25, 0.3) is 0 Å². The highest BCUT2D eigenvalue weighted by molar-refractivity contribution is 7.17. The second-order valence-corrected chi connectivity index (χ2v) is 7.62. The standard InChI is InChI=1S/C21H23NO6S/c1-3-26-21(25)18-15-10-7-11-16(15)29-19(18)22-17(23)12-27-20(24)13(2)28-14-8-5-4-6-9-14/h4-6,8-9,13H,3,7,10-12H2,1-2H3,(H,22,23)/t13-/m0/s1. The fourth-order valence-electron chi connectivity index (χ4n) is 3.08. The number of carbonyl (C=O) groups is 3. The summed E-state index contributed by atoms with van der Waals surface area (Å²) in [5.41, 5.74) is 1.37. The molecule has 0 aliphatic heterocycles. The minimum absolute atomic E-state index is 0.258. The molecule has 3 rings (SSSR count). The van der Waals surface area contributed by atoms with E-state index in [9.17, 15) is 14.4 Å². The summed E-state index contributed by atoms with van der Waals surface area (Å²) in [7, 11) is 0. The topological polar surface area (TPSA) is 90.9 Å². The predicted molar refractivity (Wildman–Crippen MR) is 108 cm³/mol. The van der Waals surface area contributed by atoms with E-state index in [4.69, 9.17) is 14.2 Å². The summed E-state index contributed by atoms with van der Waals surface area (Å²) in [6, 6.07) is 8.87. The molecule has 0 saturated heterocycles. The molecule has 0 fully saturated rings. The Hall–Kier alpha value is -2.87. The number of nitrogens with one attached hydrogen (secondary N) is 1. The molecule has 1 N–H and O–H groups in total. The highest BCUT2D eigenvalue weighted by Gasteiger charge is 2.28. The van der Waals surface area contributed by atoms with Crippen molar-refractivity contribution in [1.29, 1.82) is 0 Å². The molecule has 154 valence electrons. The monoisotopic (exact) mass is 417 g/mol. The lowest BCUT2D eigenvalue weighted by molar-refractivity contribution is -0.153. The average molecular weight is 417 g/mol. The molecule has 29 heavy (non-hydrogen) atoms. The third kappa shape index (κ3) is 5.14. The van der Waals surface area contributed by atoms with Crippen LogP contribution >= 0.6 is 11.3 Å². The van der Waals surface area contributed by atoms with Gasteiger partial charge >= 0.3 is 11.9 Å². The molecule has 1 aliphatic rings. The van der Waals surface area contributed by atoms with Crippen LogP contribution in [0.5, 0.6) is 5.75 Å². The molecular formula is C21H23NO6S. The van der Waals surface area contributed by atoms with Crippen LogP contribution in [0.3, 0.4) is 0 Å². The Morgan fingerprint density at radius 3 is 2.62 bits per heavy atom. The molecule has 0 spiro atoms. The molecule has 7 nitrogen and oxygen atoms in total. The molecule has 1 aliphatic carbocycles. The van der Waals surface area contributed by atoms with Crippen LogP contribution in [0, 0.1) is 0 Å².